The van der Waals surface area contributed by atoms with Crippen molar-refractivity contribution in [3.63, 3.8) is 0 Å². The fraction of sp³-hybridized carbons (Fsp3) is 1.00. The molecular formula is C7H13I. The molecule has 0 aromatic heterocycles. The molecule has 2 atom stereocenters. The van der Waals surface area contributed by atoms with E-state index in [9.17, 15) is 0 Å². The van der Waals surface area contributed by atoms with E-state index in [4.69, 9.17) is 0 Å². The second kappa shape index (κ2) is 3.04. The summed E-state index contributed by atoms with van der Waals surface area (Å²) in [6.07, 6.45) is 5.86. The predicted octanol–water partition coefficient (Wildman–Crippen LogP) is 3.00. The summed E-state index contributed by atoms with van der Waals surface area (Å²) in [6.45, 7) is 2.37. The van der Waals surface area contributed by atoms with Gasteiger partial charge in [-0.25, -0.2) is 0 Å². The Morgan fingerprint density at radius 2 is 2.12 bits per heavy atom. The highest BCUT2D eigenvalue weighted by molar-refractivity contribution is 14.1. The van der Waals surface area contributed by atoms with Crippen LogP contribution in [0, 0.1) is 5.92 Å². The molecule has 1 saturated carbocycles. The van der Waals surface area contributed by atoms with Crippen molar-refractivity contribution in [1.82, 2.24) is 0 Å². The van der Waals surface area contributed by atoms with Gasteiger partial charge in [0, 0.05) is 3.92 Å². The minimum absolute atomic E-state index is 0.983. The average Bonchev–Trinajstić information content (AvgIpc) is 1.64. The molecule has 48 valence electrons. The molecule has 0 nitrogen and oxygen atoms in total. The minimum Gasteiger partial charge on any atom is -0.0826 e. The molecule has 1 rings (SSSR count). The van der Waals surface area contributed by atoms with Gasteiger partial charge in [-0.1, -0.05) is 42.4 Å². The molecule has 0 N–H and O–H groups in total. The van der Waals surface area contributed by atoms with Gasteiger partial charge in [0.15, 0.2) is 0 Å². The van der Waals surface area contributed by atoms with E-state index in [1.54, 1.807) is 0 Å². The van der Waals surface area contributed by atoms with Gasteiger partial charge >= 0.3 is 0 Å². The van der Waals surface area contributed by atoms with E-state index in [-0.39, 0.29) is 0 Å². The summed E-state index contributed by atoms with van der Waals surface area (Å²) in [4.78, 5) is 0. The first-order valence-electron chi connectivity index (χ1n) is 3.43. The van der Waals surface area contributed by atoms with E-state index in [1.165, 1.54) is 25.7 Å². The third-order valence-corrected chi connectivity index (χ3v) is 3.00. The van der Waals surface area contributed by atoms with Crippen molar-refractivity contribution in [1.29, 1.82) is 0 Å². The highest BCUT2D eigenvalue weighted by atomic mass is 127. The van der Waals surface area contributed by atoms with Gasteiger partial charge in [0.25, 0.3) is 0 Å². The van der Waals surface area contributed by atoms with E-state index in [0.29, 0.717) is 0 Å². The highest BCUT2D eigenvalue weighted by Gasteiger charge is 2.14. The zero-order valence-corrected chi connectivity index (χ0v) is 7.52. The molecule has 0 aliphatic heterocycles. The number of rotatable bonds is 0. The number of alkyl halides is 1. The largest absolute Gasteiger partial charge is 0.0826 e. The summed E-state index contributed by atoms with van der Waals surface area (Å²) in [6, 6.07) is 0. The normalized spacial score (nSPS) is 39.8. The van der Waals surface area contributed by atoms with Crippen molar-refractivity contribution in [3.8, 4) is 0 Å². The van der Waals surface area contributed by atoms with E-state index < -0.39 is 0 Å². The standard InChI is InChI=1S/C7H13I/c1-6-3-2-4-7(8)5-6/h6-7H,2-5H2,1H3/t6-,7-/m0/s1. The topological polar surface area (TPSA) is 0 Å². The predicted molar refractivity (Wildman–Crippen MR) is 45.4 cm³/mol. The van der Waals surface area contributed by atoms with Crippen molar-refractivity contribution >= 4 is 22.6 Å². The Balaban J connectivity index is 2.23. The third-order valence-electron chi connectivity index (χ3n) is 1.87. The van der Waals surface area contributed by atoms with Crippen LogP contribution < -0.4 is 0 Å². The lowest BCUT2D eigenvalue weighted by molar-refractivity contribution is 0.402. The molecule has 0 aromatic carbocycles. The number of hydrogen-bond acceptors (Lipinski definition) is 0. The SMILES string of the molecule is C[C@H]1CCC[C@H](I)C1. The molecule has 0 radical (unpaired) electrons. The molecule has 0 amide bonds. The lowest BCUT2D eigenvalue weighted by atomic mass is 9.91. The molecule has 0 aromatic rings. The molecule has 1 fully saturated rings. The van der Waals surface area contributed by atoms with Gasteiger partial charge in [0.1, 0.15) is 0 Å². The number of hydrogen-bond donors (Lipinski definition) is 0. The maximum absolute atomic E-state index is 2.57. The summed E-state index contributed by atoms with van der Waals surface area (Å²) in [7, 11) is 0. The maximum atomic E-state index is 2.57. The highest BCUT2D eigenvalue weighted by Crippen LogP contribution is 2.28. The Labute approximate surface area is 65.2 Å². The average molecular weight is 224 g/mol. The lowest BCUT2D eigenvalue weighted by Crippen LogP contribution is -2.11. The van der Waals surface area contributed by atoms with E-state index in [2.05, 4.69) is 29.5 Å². The van der Waals surface area contributed by atoms with Crippen molar-refractivity contribution in [3.05, 3.63) is 0 Å². The van der Waals surface area contributed by atoms with Crippen LogP contribution in [-0.2, 0) is 0 Å². The second-order valence-corrected chi connectivity index (χ2v) is 4.63. The zero-order chi connectivity index (χ0) is 5.98. The fourth-order valence-corrected chi connectivity index (χ4v) is 2.67. The van der Waals surface area contributed by atoms with Crippen LogP contribution in [0.25, 0.3) is 0 Å². The summed E-state index contributed by atoms with van der Waals surface area (Å²) >= 11 is 2.57. The first-order chi connectivity index (χ1) is 3.79. The van der Waals surface area contributed by atoms with E-state index in [1.807, 2.05) is 0 Å². The third kappa shape index (κ3) is 1.92. The summed E-state index contributed by atoms with van der Waals surface area (Å²) in [5.41, 5.74) is 0. The lowest BCUT2D eigenvalue weighted by Gasteiger charge is -2.21. The molecule has 1 aliphatic rings. The van der Waals surface area contributed by atoms with Crippen molar-refractivity contribution in [2.75, 3.05) is 0 Å². The van der Waals surface area contributed by atoms with Crippen LogP contribution in [0.2, 0.25) is 0 Å². The molecular weight excluding hydrogens is 211 g/mol. The number of halogens is 1. The van der Waals surface area contributed by atoms with Crippen molar-refractivity contribution in [2.45, 2.75) is 36.5 Å². The minimum atomic E-state index is 0.983. The molecule has 0 unspecified atom stereocenters. The molecule has 1 aliphatic carbocycles. The Bertz CT molecular complexity index is 62.8. The monoisotopic (exact) mass is 224 g/mol. The maximum Gasteiger partial charge on any atom is 0.0112 e. The summed E-state index contributed by atoms with van der Waals surface area (Å²) in [5, 5.41) is 0. The van der Waals surface area contributed by atoms with Gasteiger partial charge in [0.05, 0.1) is 0 Å². The Morgan fingerprint density at radius 3 is 2.50 bits per heavy atom. The molecule has 8 heavy (non-hydrogen) atoms. The smallest absolute Gasteiger partial charge is 0.0112 e. The summed E-state index contributed by atoms with van der Waals surface area (Å²) < 4.78 is 0.983. The Hall–Kier alpha value is 0.730. The van der Waals surface area contributed by atoms with Crippen LogP contribution in [0.4, 0.5) is 0 Å². The van der Waals surface area contributed by atoms with Gasteiger partial charge in [-0.15, -0.1) is 0 Å². The van der Waals surface area contributed by atoms with Crippen LogP contribution in [0.3, 0.4) is 0 Å². The van der Waals surface area contributed by atoms with Gasteiger partial charge in [0.2, 0.25) is 0 Å². The van der Waals surface area contributed by atoms with E-state index >= 15 is 0 Å². The zero-order valence-electron chi connectivity index (χ0n) is 5.36. The van der Waals surface area contributed by atoms with Gasteiger partial charge in [-0.2, -0.15) is 0 Å². The first kappa shape index (κ1) is 6.84. The molecule has 1 heteroatoms. The van der Waals surface area contributed by atoms with Gasteiger partial charge < -0.3 is 0 Å². The molecule has 0 heterocycles. The van der Waals surface area contributed by atoms with Crippen LogP contribution in [-0.4, -0.2) is 3.92 Å². The van der Waals surface area contributed by atoms with Gasteiger partial charge in [-0.05, 0) is 18.8 Å². The van der Waals surface area contributed by atoms with E-state index in [0.717, 1.165) is 9.84 Å². The first-order valence-corrected chi connectivity index (χ1v) is 4.67. The fourth-order valence-electron chi connectivity index (χ4n) is 1.36. The quantitative estimate of drug-likeness (QED) is 0.438. The van der Waals surface area contributed by atoms with Crippen LogP contribution >= 0.6 is 22.6 Å². The Morgan fingerprint density at radius 1 is 1.38 bits per heavy atom. The van der Waals surface area contributed by atoms with Crippen molar-refractivity contribution in [2.24, 2.45) is 5.92 Å². The van der Waals surface area contributed by atoms with Crippen LogP contribution in [0.5, 0.6) is 0 Å². The van der Waals surface area contributed by atoms with Crippen LogP contribution in [0.15, 0.2) is 0 Å². The van der Waals surface area contributed by atoms with Crippen LogP contribution in [0.1, 0.15) is 32.6 Å². The van der Waals surface area contributed by atoms with Crippen molar-refractivity contribution < 1.29 is 0 Å². The van der Waals surface area contributed by atoms with Gasteiger partial charge in [-0.3, -0.25) is 0 Å². The Kier molecular flexibility index (Phi) is 2.60. The molecule has 0 saturated heterocycles. The molecule has 0 spiro atoms. The summed E-state index contributed by atoms with van der Waals surface area (Å²) in [5.74, 6) is 1.01. The second-order valence-electron chi connectivity index (χ2n) is 2.87. The molecule has 0 bridgehead atoms.